The molecule has 0 bridgehead atoms. The van der Waals surface area contributed by atoms with Crippen molar-refractivity contribution in [3.63, 3.8) is 0 Å². The Morgan fingerprint density at radius 3 is 2.92 bits per heavy atom. The van der Waals surface area contributed by atoms with Crippen LogP contribution in [0.2, 0.25) is 0 Å². The second kappa shape index (κ2) is 7.45. The third-order valence-corrected chi connectivity index (χ3v) is 5.49. The van der Waals surface area contributed by atoms with E-state index >= 15 is 0 Å². The first-order valence-corrected chi connectivity index (χ1v) is 10.1. The fourth-order valence-corrected chi connectivity index (χ4v) is 4.00. The number of hydrogen-bond acceptors (Lipinski definition) is 4. The van der Waals surface area contributed by atoms with Crippen molar-refractivity contribution >= 4 is 11.8 Å². The number of benzene rings is 1. The molecule has 4 rings (SSSR count). The van der Waals surface area contributed by atoms with Gasteiger partial charge >= 0.3 is 0 Å². The van der Waals surface area contributed by atoms with Crippen molar-refractivity contribution in [2.45, 2.75) is 18.9 Å². The van der Waals surface area contributed by atoms with Crippen molar-refractivity contribution in [1.29, 1.82) is 0 Å². The summed E-state index contributed by atoms with van der Waals surface area (Å²) in [6.07, 6.45) is 10.0. The first-order valence-electron chi connectivity index (χ1n) is 8.72. The van der Waals surface area contributed by atoms with Crippen LogP contribution in [0, 0.1) is 0 Å². The molecule has 1 aliphatic heterocycles. The summed E-state index contributed by atoms with van der Waals surface area (Å²) in [5, 5.41) is 4.31. The number of hydrogen-bond donors (Lipinski definition) is 1. The van der Waals surface area contributed by atoms with Crippen molar-refractivity contribution in [1.82, 2.24) is 24.6 Å². The first-order chi connectivity index (χ1) is 12.4. The van der Waals surface area contributed by atoms with Crippen LogP contribution in [0.3, 0.4) is 0 Å². The van der Waals surface area contributed by atoms with Gasteiger partial charge in [-0.3, -0.25) is 4.90 Å². The van der Waals surface area contributed by atoms with Gasteiger partial charge in [0.25, 0.3) is 0 Å². The van der Waals surface area contributed by atoms with Gasteiger partial charge in [0, 0.05) is 31.1 Å². The second-order valence-electron chi connectivity index (χ2n) is 6.34. The van der Waals surface area contributed by atoms with Gasteiger partial charge < -0.3 is 4.98 Å². The highest BCUT2D eigenvalue weighted by atomic mass is 32.2. The molecule has 0 aliphatic carbocycles. The van der Waals surface area contributed by atoms with Crippen LogP contribution in [0.5, 0.6) is 0 Å². The Balaban J connectivity index is 1.62. The maximum Gasteiger partial charge on any atom is 0.0926 e. The molecule has 0 fully saturated rings. The van der Waals surface area contributed by atoms with Crippen LogP contribution in [0.1, 0.15) is 29.4 Å². The van der Waals surface area contributed by atoms with E-state index in [1.807, 2.05) is 35.0 Å². The minimum Gasteiger partial charge on any atom is -0.348 e. The van der Waals surface area contributed by atoms with E-state index in [2.05, 4.69) is 50.5 Å². The third-order valence-electron chi connectivity index (χ3n) is 4.80. The molecule has 0 amide bonds. The SMILES string of the molecule is CSCCCN1CCc2[nH]cnc2C1c1ccc(-n2cccn2)cc1. The van der Waals surface area contributed by atoms with Crippen LogP contribution in [-0.2, 0) is 6.42 Å². The summed E-state index contributed by atoms with van der Waals surface area (Å²) in [4.78, 5) is 10.5. The summed E-state index contributed by atoms with van der Waals surface area (Å²) in [7, 11) is 0. The summed E-state index contributed by atoms with van der Waals surface area (Å²) >= 11 is 1.92. The highest BCUT2D eigenvalue weighted by Gasteiger charge is 2.30. The van der Waals surface area contributed by atoms with E-state index < -0.39 is 0 Å². The zero-order chi connectivity index (χ0) is 17.1. The molecule has 130 valence electrons. The highest BCUT2D eigenvalue weighted by molar-refractivity contribution is 7.98. The second-order valence-corrected chi connectivity index (χ2v) is 7.33. The molecule has 0 radical (unpaired) electrons. The van der Waals surface area contributed by atoms with Gasteiger partial charge in [-0.15, -0.1) is 0 Å². The summed E-state index contributed by atoms with van der Waals surface area (Å²) < 4.78 is 1.89. The number of nitrogens with zero attached hydrogens (tertiary/aromatic N) is 4. The summed E-state index contributed by atoms with van der Waals surface area (Å²) in [6, 6.07) is 10.9. The number of H-pyrrole nitrogens is 1. The van der Waals surface area contributed by atoms with E-state index in [1.165, 1.54) is 29.1 Å². The van der Waals surface area contributed by atoms with Crippen LogP contribution in [0.25, 0.3) is 5.69 Å². The van der Waals surface area contributed by atoms with Crippen LogP contribution in [0.4, 0.5) is 0 Å². The molecule has 1 N–H and O–H groups in total. The molecule has 2 aromatic heterocycles. The van der Waals surface area contributed by atoms with Crippen molar-refractivity contribution in [2.75, 3.05) is 25.1 Å². The minimum absolute atomic E-state index is 0.239. The van der Waals surface area contributed by atoms with Gasteiger partial charge in [-0.05, 0) is 48.7 Å². The zero-order valence-corrected chi connectivity index (χ0v) is 15.2. The molecule has 1 unspecified atom stereocenters. The third kappa shape index (κ3) is 3.37. The topological polar surface area (TPSA) is 49.7 Å². The fraction of sp³-hybridized carbons (Fsp3) is 0.368. The maximum atomic E-state index is 4.65. The molecular formula is C19H23N5S. The number of imidazole rings is 1. The zero-order valence-electron chi connectivity index (χ0n) is 14.4. The Morgan fingerprint density at radius 1 is 1.28 bits per heavy atom. The quantitative estimate of drug-likeness (QED) is 0.691. The Bertz CT molecular complexity index is 794. The normalized spacial score (nSPS) is 17.6. The number of nitrogens with one attached hydrogen (secondary N) is 1. The summed E-state index contributed by atoms with van der Waals surface area (Å²) in [5.41, 5.74) is 4.85. The Kier molecular flexibility index (Phi) is 4.90. The molecular weight excluding hydrogens is 330 g/mol. The fourth-order valence-electron chi connectivity index (χ4n) is 3.58. The van der Waals surface area contributed by atoms with Crippen molar-refractivity contribution in [3.8, 4) is 5.69 Å². The van der Waals surface area contributed by atoms with Crippen LogP contribution in [0.15, 0.2) is 49.1 Å². The molecule has 25 heavy (non-hydrogen) atoms. The van der Waals surface area contributed by atoms with Gasteiger partial charge in [0.05, 0.1) is 23.8 Å². The molecule has 0 saturated carbocycles. The van der Waals surface area contributed by atoms with Crippen LogP contribution >= 0.6 is 11.8 Å². The van der Waals surface area contributed by atoms with E-state index in [-0.39, 0.29) is 6.04 Å². The molecule has 0 spiro atoms. The van der Waals surface area contributed by atoms with E-state index in [0.29, 0.717) is 0 Å². The van der Waals surface area contributed by atoms with Crippen molar-refractivity contribution < 1.29 is 0 Å². The molecule has 5 nitrogen and oxygen atoms in total. The Hall–Kier alpha value is -2.05. The average Bonchev–Trinajstić information content (AvgIpc) is 3.33. The highest BCUT2D eigenvalue weighted by Crippen LogP contribution is 2.33. The van der Waals surface area contributed by atoms with Crippen molar-refractivity contribution in [2.24, 2.45) is 0 Å². The smallest absolute Gasteiger partial charge is 0.0926 e. The molecule has 1 atom stereocenters. The lowest BCUT2D eigenvalue weighted by Crippen LogP contribution is -2.37. The van der Waals surface area contributed by atoms with Crippen molar-refractivity contribution in [3.05, 3.63) is 66.0 Å². The predicted molar refractivity (Wildman–Crippen MR) is 102 cm³/mol. The number of aromatic amines is 1. The molecule has 0 saturated heterocycles. The molecule has 6 heteroatoms. The number of aromatic nitrogens is 4. The number of fused-ring (bicyclic) bond motifs is 1. The molecule has 3 heterocycles. The lowest BCUT2D eigenvalue weighted by Gasteiger charge is -2.35. The molecule has 1 aromatic carbocycles. The predicted octanol–water partition coefficient (Wildman–Crippen LogP) is 3.30. The van der Waals surface area contributed by atoms with Gasteiger partial charge in [-0.25, -0.2) is 9.67 Å². The summed E-state index contributed by atoms with van der Waals surface area (Å²) in [5.74, 6) is 1.20. The van der Waals surface area contributed by atoms with Gasteiger partial charge in [0.15, 0.2) is 0 Å². The Morgan fingerprint density at radius 2 is 2.16 bits per heavy atom. The average molecular weight is 353 g/mol. The van der Waals surface area contributed by atoms with Crippen LogP contribution in [-0.4, -0.2) is 49.7 Å². The maximum absolute atomic E-state index is 4.65. The monoisotopic (exact) mass is 353 g/mol. The van der Waals surface area contributed by atoms with Gasteiger partial charge in [0.1, 0.15) is 0 Å². The molecule has 1 aliphatic rings. The molecule has 3 aromatic rings. The van der Waals surface area contributed by atoms with E-state index in [4.69, 9.17) is 0 Å². The summed E-state index contributed by atoms with van der Waals surface area (Å²) in [6.45, 7) is 2.19. The minimum atomic E-state index is 0.239. The standard InChI is InChI=1S/C19H23N5S/c1-25-13-3-10-23-12-8-17-18(21-14-20-17)19(23)15-4-6-16(7-5-15)24-11-2-9-22-24/h2,4-7,9,11,14,19H,3,8,10,12-13H2,1H3,(H,20,21). The van der Waals surface area contributed by atoms with Gasteiger partial charge in [-0.2, -0.15) is 16.9 Å². The van der Waals surface area contributed by atoms with E-state index in [0.717, 1.165) is 25.2 Å². The van der Waals surface area contributed by atoms with E-state index in [1.54, 1.807) is 6.20 Å². The Labute approximate surface area is 152 Å². The van der Waals surface area contributed by atoms with E-state index in [9.17, 15) is 0 Å². The first kappa shape index (κ1) is 16.4. The number of thioether (sulfide) groups is 1. The van der Waals surface area contributed by atoms with Gasteiger partial charge in [-0.1, -0.05) is 12.1 Å². The largest absolute Gasteiger partial charge is 0.348 e. The lowest BCUT2D eigenvalue weighted by molar-refractivity contribution is 0.210. The van der Waals surface area contributed by atoms with Crippen LogP contribution < -0.4 is 0 Å². The number of rotatable bonds is 6. The lowest BCUT2D eigenvalue weighted by atomic mass is 9.95. The van der Waals surface area contributed by atoms with Gasteiger partial charge in [0.2, 0.25) is 0 Å².